The Morgan fingerprint density at radius 3 is 2.94 bits per heavy atom. The number of hydrogen-bond acceptors (Lipinski definition) is 4. The molecule has 2 aromatic heterocycles. The average molecular weight is 231 g/mol. The summed E-state index contributed by atoms with van der Waals surface area (Å²) in [6.07, 6.45) is 4.08. The van der Waals surface area contributed by atoms with Gasteiger partial charge < -0.3 is 11.1 Å². The molecule has 0 amide bonds. The Morgan fingerprint density at radius 2 is 2.18 bits per heavy atom. The van der Waals surface area contributed by atoms with Crippen molar-refractivity contribution in [1.82, 2.24) is 19.9 Å². The van der Waals surface area contributed by atoms with E-state index in [1.54, 1.807) is 4.52 Å². The van der Waals surface area contributed by atoms with Gasteiger partial charge >= 0.3 is 0 Å². The number of hydrogen-bond donors (Lipinski definition) is 2. The summed E-state index contributed by atoms with van der Waals surface area (Å²) in [5.41, 5.74) is 9.10. The summed E-state index contributed by atoms with van der Waals surface area (Å²) in [5, 5.41) is 7.59. The van der Waals surface area contributed by atoms with Gasteiger partial charge in [0.05, 0.1) is 6.20 Å². The fourth-order valence-electron chi connectivity index (χ4n) is 2.44. The molecule has 90 valence electrons. The van der Waals surface area contributed by atoms with E-state index in [1.165, 1.54) is 0 Å². The molecular weight excluding hydrogens is 214 g/mol. The third-order valence-electron chi connectivity index (χ3n) is 3.45. The van der Waals surface area contributed by atoms with Gasteiger partial charge in [0.2, 0.25) is 0 Å². The lowest BCUT2D eigenvalue weighted by molar-refractivity contribution is 0.453. The second kappa shape index (κ2) is 4.00. The molecule has 3 heterocycles. The van der Waals surface area contributed by atoms with Gasteiger partial charge in [-0.1, -0.05) is 0 Å². The fraction of sp³-hybridized carbons (Fsp3) is 0.500. The van der Waals surface area contributed by atoms with E-state index in [9.17, 15) is 0 Å². The predicted octanol–water partition coefficient (Wildman–Crippen LogP) is 1.09. The molecule has 1 aliphatic heterocycles. The normalized spacial score (nSPS) is 17.7. The van der Waals surface area contributed by atoms with Crippen molar-refractivity contribution in [1.29, 1.82) is 0 Å². The highest BCUT2D eigenvalue weighted by molar-refractivity contribution is 5.52. The zero-order chi connectivity index (χ0) is 11.8. The van der Waals surface area contributed by atoms with Crippen molar-refractivity contribution < 1.29 is 0 Å². The van der Waals surface area contributed by atoms with Crippen molar-refractivity contribution in [3.05, 3.63) is 23.5 Å². The van der Waals surface area contributed by atoms with E-state index in [1.807, 2.05) is 19.2 Å². The first-order chi connectivity index (χ1) is 8.25. The highest BCUT2D eigenvalue weighted by Crippen LogP contribution is 2.26. The largest absolute Gasteiger partial charge is 0.384 e. The lowest BCUT2D eigenvalue weighted by Crippen LogP contribution is -2.27. The Hall–Kier alpha value is -1.62. The molecule has 0 radical (unpaired) electrons. The molecule has 0 atom stereocenters. The number of aryl methyl sites for hydroxylation is 1. The number of fused-ring (bicyclic) bond motifs is 1. The minimum Gasteiger partial charge on any atom is -0.384 e. The number of nitrogens with one attached hydrogen (secondary N) is 1. The topological polar surface area (TPSA) is 68.2 Å². The van der Waals surface area contributed by atoms with Crippen molar-refractivity contribution in [2.24, 2.45) is 0 Å². The Balaban J connectivity index is 2.07. The number of nitrogens with zero attached hydrogens (tertiary/aromatic N) is 3. The Kier molecular flexibility index (Phi) is 2.48. The van der Waals surface area contributed by atoms with Crippen LogP contribution in [0.2, 0.25) is 0 Å². The molecule has 0 bridgehead atoms. The molecular formula is C12H17N5. The molecule has 5 heteroatoms. The third-order valence-corrected chi connectivity index (χ3v) is 3.45. The quantitative estimate of drug-likeness (QED) is 0.771. The van der Waals surface area contributed by atoms with Crippen molar-refractivity contribution in [3.8, 4) is 0 Å². The first kappa shape index (κ1) is 10.5. The molecule has 1 fully saturated rings. The van der Waals surface area contributed by atoms with Crippen LogP contribution < -0.4 is 11.1 Å². The van der Waals surface area contributed by atoms with Crippen LogP contribution in [0.25, 0.3) is 5.65 Å². The first-order valence-electron chi connectivity index (χ1n) is 6.07. The molecule has 5 nitrogen and oxygen atoms in total. The Morgan fingerprint density at radius 1 is 1.41 bits per heavy atom. The van der Waals surface area contributed by atoms with Crippen LogP contribution in [0, 0.1) is 6.92 Å². The summed E-state index contributed by atoms with van der Waals surface area (Å²) in [6.45, 7) is 4.15. The minimum absolute atomic E-state index is 0.526. The maximum absolute atomic E-state index is 6.02. The van der Waals surface area contributed by atoms with Gasteiger partial charge in [0.25, 0.3) is 0 Å². The van der Waals surface area contributed by atoms with Gasteiger partial charge in [-0.25, -0.2) is 4.98 Å². The molecule has 17 heavy (non-hydrogen) atoms. The molecule has 3 rings (SSSR count). The number of aromatic nitrogens is 3. The van der Waals surface area contributed by atoms with Gasteiger partial charge in [0.15, 0.2) is 5.65 Å². The predicted molar refractivity (Wildman–Crippen MR) is 67.0 cm³/mol. The Labute approximate surface area is 100 Å². The van der Waals surface area contributed by atoms with Crippen molar-refractivity contribution in [3.63, 3.8) is 0 Å². The number of nitrogens with two attached hydrogens (primary N) is 1. The van der Waals surface area contributed by atoms with Crippen molar-refractivity contribution >= 4 is 11.5 Å². The summed E-state index contributed by atoms with van der Waals surface area (Å²) in [6, 6.07) is 1.97. The van der Waals surface area contributed by atoms with Gasteiger partial charge in [-0.15, -0.1) is 0 Å². The van der Waals surface area contributed by atoms with Crippen LogP contribution in [0.5, 0.6) is 0 Å². The monoisotopic (exact) mass is 231 g/mol. The van der Waals surface area contributed by atoms with E-state index in [4.69, 9.17) is 10.7 Å². The third kappa shape index (κ3) is 1.76. The molecule has 0 unspecified atom stereocenters. The second-order valence-electron chi connectivity index (χ2n) is 4.69. The van der Waals surface area contributed by atoms with E-state index >= 15 is 0 Å². The molecule has 0 aliphatic carbocycles. The second-order valence-corrected chi connectivity index (χ2v) is 4.69. The number of rotatable bonds is 1. The SMILES string of the molecule is Cc1cnn2c(N)cc(C3CCNCC3)nc12. The fourth-order valence-corrected chi connectivity index (χ4v) is 2.44. The lowest BCUT2D eigenvalue weighted by atomic mass is 9.94. The molecule has 2 aromatic rings. The van der Waals surface area contributed by atoms with Crippen LogP contribution in [0.1, 0.15) is 30.0 Å². The number of anilines is 1. The standard InChI is InChI=1S/C12H17N5/c1-8-7-15-17-11(13)6-10(16-12(8)17)9-2-4-14-5-3-9/h6-7,9,14H,2-5,13H2,1H3. The highest BCUT2D eigenvalue weighted by atomic mass is 15.3. The summed E-state index contributed by atoms with van der Waals surface area (Å²) >= 11 is 0. The van der Waals surface area contributed by atoms with Gasteiger partial charge in [0, 0.05) is 23.2 Å². The van der Waals surface area contributed by atoms with Crippen LogP contribution >= 0.6 is 0 Å². The molecule has 0 aromatic carbocycles. The molecule has 1 aliphatic rings. The summed E-state index contributed by atoms with van der Waals surface area (Å²) in [4.78, 5) is 4.71. The average Bonchev–Trinajstić information content (AvgIpc) is 2.73. The lowest BCUT2D eigenvalue weighted by Gasteiger charge is -2.22. The van der Waals surface area contributed by atoms with Crippen LogP contribution in [0.4, 0.5) is 5.82 Å². The van der Waals surface area contributed by atoms with E-state index in [-0.39, 0.29) is 0 Å². The van der Waals surface area contributed by atoms with Crippen LogP contribution in [0.15, 0.2) is 12.3 Å². The van der Waals surface area contributed by atoms with Gasteiger partial charge in [-0.3, -0.25) is 0 Å². The smallest absolute Gasteiger partial charge is 0.160 e. The van der Waals surface area contributed by atoms with Crippen LogP contribution in [-0.4, -0.2) is 27.7 Å². The van der Waals surface area contributed by atoms with Crippen molar-refractivity contribution in [2.75, 3.05) is 18.8 Å². The molecule has 0 saturated carbocycles. The maximum Gasteiger partial charge on any atom is 0.160 e. The molecule has 0 spiro atoms. The number of piperidine rings is 1. The van der Waals surface area contributed by atoms with E-state index < -0.39 is 0 Å². The summed E-state index contributed by atoms with van der Waals surface area (Å²) in [5.74, 6) is 1.20. The van der Waals surface area contributed by atoms with E-state index in [0.29, 0.717) is 11.7 Å². The van der Waals surface area contributed by atoms with E-state index in [0.717, 1.165) is 42.8 Å². The van der Waals surface area contributed by atoms with Gasteiger partial charge in [-0.05, 0) is 32.9 Å². The van der Waals surface area contributed by atoms with Crippen LogP contribution in [-0.2, 0) is 0 Å². The number of nitrogen functional groups attached to an aromatic ring is 1. The van der Waals surface area contributed by atoms with Crippen LogP contribution in [0.3, 0.4) is 0 Å². The van der Waals surface area contributed by atoms with E-state index in [2.05, 4.69) is 10.4 Å². The molecule has 1 saturated heterocycles. The summed E-state index contributed by atoms with van der Waals surface area (Å²) in [7, 11) is 0. The van der Waals surface area contributed by atoms with Crippen molar-refractivity contribution in [2.45, 2.75) is 25.7 Å². The zero-order valence-electron chi connectivity index (χ0n) is 9.98. The zero-order valence-corrected chi connectivity index (χ0v) is 9.98. The maximum atomic E-state index is 6.02. The highest BCUT2D eigenvalue weighted by Gasteiger charge is 2.18. The Bertz CT molecular complexity index is 539. The molecule has 3 N–H and O–H groups in total. The van der Waals surface area contributed by atoms with Gasteiger partial charge in [0.1, 0.15) is 5.82 Å². The van der Waals surface area contributed by atoms with Gasteiger partial charge in [-0.2, -0.15) is 9.61 Å². The first-order valence-corrected chi connectivity index (χ1v) is 6.07. The minimum atomic E-state index is 0.526. The summed E-state index contributed by atoms with van der Waals surface area (Å²) < 4.78 is 1.71.